The number of phenols is 1. The van der Waals surface area contributed by atoms with E-state index >= 15 is 0 Å². The fourth-order valence-corrected chi connectivity index (χ4v) is 2.61. The van der Waals surface area contributed by atoms with Crippen LogP contribution in [-0.2, 0) is 0 Å². The summed E-state index contributed by atoms with van der Waals surface area (Å²) in [4.78, 5) is 11.3. The lowest BCUT2D eigenvalue weighted by Gasteiger charge is -2.15. The average Bonchev–Trinajstić information content (AvgIpc) is 3.27. The second kappa shape index (κ2) is 5.14. The zero-order valence-electron chi connectivity index (χ0n) is 11.4. The standard InChI is InChI=1S/C15H14N4OS/c1-17-6-10-12(8-2-4-9(20)5-3-8)13(11-7-18-11)14(16)19-15(10)21/h2-7,11,20H,1H3,(H3,16,19,21). The van der Waals surface area contributed by atoms with Crippen LogP contribution in [0.3, 0.4) is 0 Å². The Morgan fingerprint density at radius 3 is 2.62 bits per heavy atom. The van der Waals surface area contributed by atoms with E-state index in [-0.39, 0.29) is 11.8 Å². The molecular formula is C15H14N4OS. The van der Waals surface area contributed by atoms with Crippen molar-refractivity contribution in [3.63, 3.8) is 0 Å². The highest BCUT2D eigenvalue weighted by molar-refractivity contribution is 7.71. The molecule has 4 N–H and O–H groups in total. The van der Waals surface area contributed by atoms with Gasteiger partial charge in [0.15, 0.2) is 0 Å². The van der Waals surface area contributed by atoms with Gasteiger partial charge >= 0.3 is 0 Å². The van der Waals surface area contributed by atoms with Gasteiger partial charge in [-0.3, -0.25) is 9.98 Å². The zero-order chi connectivity index (χ0) is 15.0. The van der Waals surface area contributed by atoms with Crippen LogP contribution in [0.15, 0.2) is 34.3 Å². The summed E-state index contributed by atoms with van der Waals surface area (Å²) in [7, 11) is 1.69. The molecule has 1 aliphatic heterocycles. The van der Waals surface area contributed by atoms with E-state index in [0.29, 0.717) is 10.5 Å². The Kier molecular flexibility index (Phi) is 3.31. The summed E-state index contributed by atoms with van der Waals surface area (Å²) in [5, 5.41) is 9.47. The molecule has 1 aromatic carbocycles. The molecule has 0 saturated carbocycles. The van der Waals surface area contributed by atoms with Crippen LogP contribution in [0.5, 0.6) is 5.75 Å². The van der Waals surface area contributed by atoms with E-state index < -0.39 is 0 Å². The van der Waals surface area contributed by atoms with E-state index in [1.165, 1.54) is 0 Å². The molecule has 1 atom stereocenters. The zero-order valence-corrected chi connectivity index (χ0v) is 12.2. The van der Waals surface area contributed by atoms with E-state index in [9.17, 15) is 5.11 Å². The van der Waals surface area contributed by atoms with Crippen molar-refractivity contribution in [3.05, 3.63) is 40.0 Å². The molecule has 0 radical (unpaired) electrons. The first kappa shape index (κ1) is 13.5. The van der Waals surface area contributed by atoms with Crippen molar-refractivity contribution in [2.24, 2.45) is 9.98 Å². The molecule has 0 fully saturated rings. The number of pyridine rings is 1. The Morgan fingerprint density at radius 1 is 1.38 bits per heavy atom. The Morgan fingerprint density at radius 2 is 2.05 bits per heavy atom. The van der Waals surface area contributed by atoms with E-state index in [4.69, 9.17) is 18.0 Å². The van der Waals surface area contributed by atoms with Gasteiger partial charge in [-0.05, 0) is 17.7 Å². The van der Waals surface area contributed by atoms with Crippen LogP contribution in [0.4, 0.5) is 5.82 Å². The van der Waals surface area contributed by atoms with Crippen LogP contribution in [-0.4, -0.2) is 29.6 Å². The van der Waals surface area contributed by atoms with Crippen LogP contribution < -0.4 is 5.73 Å². The number of hydrogen-bond acceptors (Lipinski definition) is 5. The van der Waals surface area contributed by atoms with Crippen LogP contribution in [0.25, 0.3) is 11.1 Å². The molecular weight excluding hydrogens is 284 g/mol. The molecule has 0 aliphatic carbocycles. The number of anilines is 1. The molecule has 0 bridgehead atoms. The first-order chi connectivity index (χ1) is 10.1. The molecule has 1 aliphatic rings. The van der Waals surface area contributed by atoms with Crippen molar-refractivity contribution < 1.29 is 5.11 Å². The van der Waals surface area contributed by atoms with Gasteiger partial charge in [0.25, 0.3) is 0 Å². The number of nitrogen functional groups attached to an aromatic ring is 1. The molecule has 6 heteroatoms. The first-order valence-electron chi connectivity index (χ1n) is 6.42. The van der Waals surface area contributed by atoms with Gasteiger partial charge in [0.2, 0.25) is 0 Å². The third kappa shape index (κ3) is 2.45. The number of nitrogens with zero attached hydrogens (tertiary/aromatic N) is 2. The summed E-state index contributed by atoms with van der Waals surface area (Å²) < 4.78 is 0.533. The van der Waals surface area contributed by atoms with E-state index in [0.717, 1.165) is 22.3 Å². The summed E-state index contributed by atoms with van der Waals surface area (Å²) in [5.74, 6) is 0.724. The molecule has 21 heavy (non-hydrogen) atoms. The smallest absolute Gasteiger partial charge is 0.115 e. The maximum Gasteiger partial charge on any atom is 0.115 e. The van der Waals surface area contributed by atoms with E-state index in [1.807, 2.05) is 18.3 Å². The summed E-state index contributed by atoms with van der Waals surface area (Å²) in [6.45, 7) is 0. The fraction of sp³-hybridized carbons (Fsp3) is 0.133. The lowest BCUT2D eigenvalue weighted by molar-refractivity contribution is 0.475. The predicted molar refractivity (Wildman–Crippen MR) is 87.9 cm³/mol. The largest absolute Gasteiger partial charge is 0.508 e. The SMILES string of the molecule is CN=Cc1c(-c2ccc(O)cc2)c(C2C=N2)c(N)[nH]c1=S. The number of aromatic hydroxyl groups is 1. The van der Waals surface area contributed by atoms with Gasteiger partial charge in [-0.1, -0.05) is 24.4 Å². The average molecular weight is 298 g/mol. The topological polar surface area (TPSA) is 86.8 Å². The number of H-pyrrole nitrogens is 1. The molecule has 2 heterocycles. The first-order valence-corrected chi connectivity index (χ1v) is 6.83. The van der Waals surface area contributed by atoms with Gasteiger partial charge in [0, 0.05) is 36.2 Å². The Hall–Kier alpha value is -2.47. The normalized spacial score (nSPS) is 16.5. The monoisotopic (exact) mass is 298 g/mol. The second-order valence-corrected chi connectivity index (χ2v) is 5.16. The lowest BCUT2D eigenvalue weighted by atomic mass is 9.94. The summed E-state index contributed by atoms with van der Waals surface area (Å²) in [6, 6.07) is 6.91. The highest BCUT2D eigenvalue weighted by Crippen LogP contribution is 2.39. The highest BCUT2D eigenvalue weighted by Gasteiger charge is 2.26. The molecule has 0 amide bonds. The van der Waals surface area contributed by atoms with Gasteiger partial charge in [-0.25, -0.2) is 0 Å². The number of phenolic OH excluding ortho intramolecular Hbond substituents is 1. The number of nitrogens with two attached hydrogens (primary N) is 1. The van der Waals surface area contributed by atoms with Crippen molar-refractivity contribution >= 4 is 30.5 Å². The second-order valence-electron chi connectivity index (χ2n) is 4.75. The van der Waals surface area contributed by atoms with Crippen molar-refractivity contribution in [3.8, 4) is 16.9 Å². The summed E-state index contributed by atoms with van der Waals surface area (Å²) >= 11 is 5.37. The Balaban J connectivity index is 2.33. The minimum absolute atomic E-state index is 0.0235. The molecule has 1 aromatic heterocycles. The third-order valence-electron chi connectivity index (χ3n) is 3.33. The Labute approximate surface area is 126 Å². The predicted octanol–water partition coefficient (Wildman–Crippen LogP) is 2.87. The number of benzene rings is 1. The molecule has 5 nitrogen and oxygen atoms in total. The highest BCUT2D eigenvalue weighted by atomic mass is 32.1. The van der Waals surface area contributed by atoms with Gasteiger partial charge in [0.05, 0.1) is 0 Å². The molecule has 0 saturated heterocycles. The minimum Gasteiger partial charge on any atom is -0.508 e. The van der Waals surface area contributed by atoms with Crippen molar-refractivity contribution in [1.29, 1.82) is 0 Å². The number of nitrogens with one attached hydrogen (secondary N) is 1. The third-order valence-corrected chi connectivity index (χ3v) is 3.65. The Bertz CT molecular complexity index is 800. The van der Waals surface area contributed by atoms with Crippen LogP contribution in [0.1, 0.15) is 17.2 Å². The summed E-state index contributed by atoms with van der Waals surface area (Å²) in [6.07, 6.45) is 3.55. The maximum atomic E-state index is 9.47. The molecule has 3 rings (SSSR count). The van der Waals surface area contributed by atoms with E-state index in [1.54, 1.807) is 25.4 Å². The molecule has 106 valence electrons. The maximum absolute atomic E-state index is 9.47. The van der Waals surface area contributed by atoms with Crippen LogP contribution in [0, 0.1) is 4.64 Å². The van der Waals surface area contributed by atoms with Crippen LogP contribution in [0.2, 0.25) is 0 Å². The fourth-order valence-electron chi connectivity index (χ4n) is 2.34. The minimum atomic E-state index is -0.0235. The van der Waals surface area contributed by atoms with Crippen molar-refractivity contribution in [2.75, 3.05) is 12.8 Å². The molecule has 1 unspecified atom stereocenters. The molecule has 2 aromatic rings. The number of rotatable bonds is 3. The number of aliphatic imine (C=N–C) groups is 2. The number of aromatic amines is 1. The van der Waals surface area contributed by atoms with Crippen molar-refractivity contribution in [2.45, 2.75) is 6.04 Å². The lowest BCUT2D eigenvalue weighted by Crippen LogP contribution is -2.05. The summed E-state index contributed by atoms with van der Waals surface area (Å²) in [5.41, 5.74) is 9.62. The van der Waals surface area contributed by atoms with Crippen LogP contribution >= 0.6 is 12.2 Å². The molecule has 0 spiro atoms. The number of aromatic nitrogens is 1. The van der Waals surface area contributed by atoms with Gasteiger partial charge in [-0.2, -0.15) is 0 Å². The quantitative estimate of drug-likeness (QED) is 0.601. The van der Waals surface area contributed by atoms with E-state index in [2.05, 4.69) is 15.0 Å². The van der Waals surface area contributed by atoms with Gasteiger partial charge in [0.1, 0.15) is 22.2 Å². The number of hydrogen-bond donors (Lipinski definition) is 3. The van der Waals surface area contributed by atoms with Crippen molar-refractivity contribution in [1.82, 2.24) is 4.98 Å². The van der Waals surface area contributed by atoms with Gasteiger partial charge < -0.3 is 15.8 Å². The van der Waals surface area contributed by atoms with Gasteiger partial charge in [-0.15, -0.1) is 0 Å².